The molecule has 0 amide bonds. The van der Waals surface area contributed by atoms with Crippen LogP contribution in [0.5, 0.6) is 11.5 Å². The lowest BCUT2D eigenvalue weighted by Gasteiger charge is -2.16. The molecule has 4 heteroatoms. The summed E-state index contributed by atoms with van der Waals surface area (Å²) in [6.45, 7) is 0. The second-order valence-corrected chi connectivity index (χ2v) is 4.17. The van der Waals surface area contributed by atoms with E-state index < -0.39 is 5.82 Å². The van der Waals surface area contributed by atoms with Crippen LogP contribution in [0.2, 0.25) is 0 Å². The van der Waals surface area contributed by atoms with E-state index >= 15 is 0 Å². The number of hydrogen-bond acceptors (Lipinski definition) is 3. The first-order valence-corrected chi connectivity index (χ1v) is 5.74. The van der Waals surface area contributed by atoms with Gasteiger partial charge in [-0.3, -0.25) is 4.79 Å². The van der Waals surface area contributed by atoms with E-state index in [-0.39, 0.29) is 11.7 Å². The molecule has 3 nitrogen and oxygen atoms in total. The molecule has 0 bridgehead atoms. The van der Waals surface area contributed by atoms with Gasteiger partial charge in [-0.05, 0) is 31.7 Å². The average Bonchev–Trinajstić information content (AvgIpc) is 2.83. The van der Waals surface area contributed by atoms with Gasteiger partial charge in [0.25, 0.3) is 0 Å². The Morgan fingerprint density at radius 3 is 2.59 bits per heavy atom. The summed E-state index contributed by atoms with van der Waals surface area (Å²) in [5.41, 5.74) is -0.00111. The summed E-state index contributed by atoms with van der Waals surface area (Å²) in [6, 6.07) is 2.59. The van der Waals surface area contributed by atoms with E-state index in [0.717, 1.165) is 25.7 Å². The Morgan fingerprint density at radius 2 is 2.00 bits per heavy atom. The Hall–Kier alpha value is -1.58. The molecule has 0 aliphatic heterocycles. The van der Waals surface area contributed by atoms with Crippen molar-refractivity contribution in [3.05, 3.63) is 23.5 Å². The summed E-state index contributed by atoms with van der Waals surface area (Å²) in [4.78, 5) is 10.7. The molecule has 0 spiro atoms. The van der Waals surface area contributed by atoms with Crippen molar-refractivity contribution < 1.29 is 18.7 Å². The summed E-state index contributed by atoms with van der Waals surface area (Å²) >= 11 is 0. The Labute approximate surface area is 99.5 Å². The molecule has 1 fully saturated rings. The zero-order valence-electron chi connectivity index (χ0n) is 9.74. The first-order chi connectivity index (χ1) is 8.24. The highest BCUT2D eigenvalue weighted by Crippen LogP contribution is 2.33. The molecule has 0 saturated heterocycles. The second kappa shape index (κ2) is 5.17. The molecule has 0 aromatic heterocycles. The summed E-state index contributed by atoms with van der Waals surface area (Å²) in [5, 5.41) is 0. The van der Waals surface area contributed by atoms with Crippen LogP contribution in [0.15, 0.2) is 12.1 Å². The molecule has 0 unspecified atom stereocenters. The number of ether oxygens (including phenoxy) is 2. The second-order valence-electron chi connectivity index (χ2n) is 4.17. The van der Waals surface area contributed by atoms with E-state index in [9.17, 15) is 9.18 Å². The summed E-state index contributed by atoms with van der Waals surface area (Å²) in [6.07, 6.45) is 4.92. The van der Waals surface area contributed by atoms with Crippen LogP contribution < -0.4 is 9.47 Å². The van der Waals surface area contributed by atoms with E-state index in [1.54, 1.807) is 0 Å². The van der Waals surface area contributed by atoms with Crippen molar-refractivity contribution in [2.75, 3.05) is 7.11 Å². The summed E-state index contributed by atoms with van der Waals surface area (Å²) < 4.78 is 24.2. The molecule has 0 radical (unpaired) electrons. The third-order valence-electron chi connectivity index (χ3n) is 3.01. The van der Waals surface area contributed by atoms with Crippen molar-refractivity contribution in [2.24, 2.45) is 0 Å². The standard InChI is InChI=1S/C13H15FO3/c1-16-12-7-11(14)9(8-15)6-13(12)17-10-4-2-3-5-10/h6-8,10H,2-5H2,1H3. The van der Waals surface area contributed by atoms with Crippen LogP contribution in [-0.4, -0.2) is 19.5 Å². The highest BCUT2D eigenvalue weighted by atomic mass is 19.1. The average molecular weight is 238 g/mol. The smallest absolute Gasteiger partial charge is 0.163 e. The van der Waals surface area contributed by atoms with Gasteiger partial charge in [-0.25, -0.2) is 4.39 Å². The fraction of sp³-hybridized carbons (Fsp3) is 0.462. The number of methoxy groups -OCH3 is 1. The predicted molar refractivity (Wildman–Crippen MR) is 61.2 cm³/mol. The van der Waals surface area contributed by atoms with Crippen LogP contribution in [0.3, 0.4) is 0 Å². The molecule has 92 valence electrons. The van der Waals surface area contributed by atoms with Gasteiger partial charge in [-0.1, -0.05) is 0 Å². The molecule has 1 aromatic rings. The minimum Gasteiger partial charge on any atom is -0.493 e. The molecule has 1 aliphatic carbocycles. The quantitative estimate of drug-likeness (QED) is 0.756. The van der Waals surface area contributed by atoms with Crippen molar-refractivity contribution in [1.82, 2.24) is 0 Å². The molecule has 1 saturated carbocycles. The predicted octanol–water partition coefficient (Wildman–Crippen LogP) is 2.97. The molecular formula is C13H15FO3. The van der Waals surface area contributed by atoms with Crippen LogP contribution in [0.1, 0.15) is 36.0 Å². The summed E-state index contributed by atoms with van der Waals surface area (Å²) in [7, 11) is 1.46. The van der Waals surface area contributed by atoms with Gasteiger partial charge in [0.15, 0.2) is 17.8 Å². The summed E-state index contributed by atoms with van der Waals surface area (Å²) in [5.74, 6) is 0.193. The van der Waals surface area contributed by atoms with Crippen molar-refractivity contribution in [2.45, 2.75) is 31.8 Å². The first kappa shape index (κ1) is 11.9. The maximum Gasteiger partial charge on any atom is 0.163 e. The lowest BCUT2D eigenvalue weighted by molar-refractivity contribution is 0.111. The normalized spacial score (nSPS) is 15.9. The van der Waals surface area contributed by atoms with E-state index in [1.165, 1.54) is 19.2 Å². The number of carbonyl (C=O) groups excluding carboxylic acids is 1. The Balaban J connectivity index is 2.26. The van der Waals surface area contributed by atoms with Crippen LogP contribution in [0, 0.1) is 5.82 Å². The van der Waals surface area contributed by atoms with Crippen molar-refractivity contribution in [1.29, 1.82) is 0 Å². The van der Waals surface area contributed by atoms with Gasteiger partial charge in [0.1, 0.15) is 5.82 Å². The van der Waals surface area contributed by atoms with Crippen molar-refractivity contribution in [3.8, 4) is 11.5 Å². The number of carbonyl (C=O) groups is 1. The topological polar surface area (TPSA) is 35.5 Å². The third-order valence-corrected chi connectivity index (χ3v) is 3.01. The van der Waals surface area contributed by atoms with E-state index in [4.69, 9.17) is 9.47 Å². The Morgan fingerprint density at radius 1 is 1.29 bits per heavy atom. The Kier molecular flexibility index (Phi) is 3.61. The molecular weight excluding hydrogens is 223 g/mol. The Bertz CT molecular complexity index is 411. The number of aldehydes is 1. The zero-order chi connectivity index (χ0) is 12.3. The van der Waals surface area contributed by atoms with Crippen molar-refractivity contribution in [3.63, 3.8) is 0 Å². The molecule has 0 heterocycles. The van der Waals surface area contributed by atoms with E-state index in [2.05, 4.69) is 0 Å². The largest absolute Gasteiger partial charge is 0.493 e. The fourth-order valence-electron chi connectivity index (χ4n) is 2.08. The van der Waals surface area contributed by atoms with Gasteiger partial charge in [-0.15, -0.1) is 0 Å². The zero-order valence-corrected chi connectivity index (χ0v) is 9.74. The lowest BCUT2D eigenvalue weighted by Crippen LogP contribution is -2.12. The minimum atomic E-state index is -0.587. The third kappa shape index (κ3) is 2.57. The molecule has 0 N–H and O–H groups in total. The van der Waals surface area contributed by atoms with Gasteiger partial charge >= 0.3 is 0 Å². The SMILES string of the molecule is COc1cc(F)c(C=O)cc1OC1CCCC1. The lowest BCUT2D eigenvalue weighted by atomic mass is 10.2. The van der Waals surface area contributed by atoms with Gasteiger partial charge in [-0.2, -0.15) is 0 Å². The fourth-order valence-corrected chi connectivity index (χ4v) is 2.08. The molecule has 1 aromatic carbocycles. The molecule has 17 heavy (non-hydrogen) atoms. The van der Waals surface area contributed by atoms with Crippen LogP contribution >= 0.6 is 0 Å². The molecule has 1 aliphatic rings. The van der Waals surface area contributed by atoms with Gasteiger partial charge in [0.05, 0.1) is 18.8 Å². The van der Waals surface area contributed by atoms with Crippen LogP contribution in [0.4, 0.5) is 4.39 Å². The highest BCUT2D eigenvalue weighted by molar-refractivity contribution is 5.77. The molecule has 2 rings (SSSR count). The number of halogens is 1. The molecule has 0 atom stereocenters. The highest BCUT2D eigenvalue weighted by Gasteiger charge is 2.19. The maximum atomic E-state index is 13.4. The van der Waals surface area contributed by atoms with E-state index in [1.807, 2.05) is 0 Å². The van der Waals surface area contributed by atoms with Gasteiger partial charge < -0.3 is 9.47 Å². The van der Waals surface area contributed by atoms with Crippen molar-refractivity contribution >= 4 is 6.29 Å². The minimum absolute atomic E-state index is 0.00111. The number of hydrogen-bond donors (Lipinski definition) is 0. The monoisotopic (exact) mass is 238 g/mol. The van der Waals surface area contributed by atoms with E-state index in [0.29, 0.717) is 17.8 Å². The van der Waals surface area contributed by atoms with Gasteiger partial charge in [0.2, 0.25) is 0 Å². The maximum absolute atomic E-state index is 13.4. The van der Waals surface area contributed by atoms with Crippen LogP contribution in [0.25, 0.3) is 0 Å². The van der Waals surface area contributed by atoms with Crippen LogP contribution in [-0.2, 0) is 0 Å². The number of benzene rings is 1. The van der Waals surface area contributed by atoms with Gasteiger partial charge in [0, 0.05) is 6.07 Å². The first-order valence-electron chi connectivity index (χ1n) is 5.74. The number of rotatable bonds is 4.